The second-order valence-electron chi connectivity index (χ2n) is 6.92. The van der Waals surface area contributed by atoms with Gasteiger partial charge in [0, 0.05) is 22.7 Å². The molecule has 2 aromatic carbocycles. The molecule has 134 valence electrons. The Morgan fingerprint density at radius 2 is 1.96 bits per heavy atom. The Balaban J connectivity index is 1.81. The maximum atomic E-state index is 11.8. The molecule has 26 heavy (non-hydrogen) atoms. The molecule has 4 nitrogen and oxygen atoms in total. The second kappa shape index (κ2) is 6.52. The quantitative estimate of drug-likeness (QED) is 0.640. The number of hydrogen-bond acceptors (Lipinski definition) is 4. The number of carbonyl (C=O) groups is 1. The molecule has 4 heteroatoms. The number of anilines is 1. The van der Waals surface area contributed by atoms with E-state index in [1.807, 2.05) is 30.3 Å². The number of ether oxygens (including phenoxy) is 2. The lowest BCUT2D eigenvalue weighted by Gasteiger charge is -2.38. The first kappa shape index (κ1) is 16.7. The first-order valence-corrected chi connectivity index (χ1v) is 8.93. The minimum absolute atomic E-state index is 0.0999. The molecule has 2 aliphatic rings. The van der Waals surface area contributed by atoms with Crippen LogP contribution in [0.1, 0.15) is 46.8 Å². The number of Topliss-reactive ketones (excluding diaryl/α,β-unsaturated/α-hetero) is 1. The third kappa shape index (κ3) is 2.57. The average molecular weight is 349 g/mol. The second-order valence-corrected chi connectivity index (χ2v) is 6.92. The van der Waals surface area contributed by atoms with Crippen molar-refractivity contribution >= 4 is 11.5 Å². The van der Waals surface area contributed by atoms with Gasteiger partial charge in [0.15, 0.2) is 17.3 Å². The minimum atomic E-state index is 0.0999. The SMILES string of the molecule is COc1cccc([C@@H]2Nc3ccc(C(C)=O)cc3[C@H]3C=CC[C@H]32)c1OC. The van der Waals surface area contributed by atoms with Gasteiger partial charge in [-0.15, -0.1) is 0 Å². The molecule has 3 atom stereocenters. The zero-order valence-corrected chi connectivity index (χ0v) is 15.3. The molecule has 0 bridgehead atoms. The summed E-state index contributed by atoms with van der Waals surface area (Å²) in [7, 11) is 3.34. The van der Waals surface area contributed by atoms with Crippen molar-refractivity contribution in [3.8, 4) is 11.5 Å². The van der Waals surface area contributed by atoms with Gasteiger partial charge in [-0.2, -0.15) is 0 Å². The van der Waals surface area contributed by atoms with Crippen LogP contribution in [0.5, 0.6) is 11.5 Å². The van der Waals surface area contributed by atoms with Crippen LogP contribution in [0.2, 0.25) is 0 Å². The number of fused-ring (bicyclic) bond motifs is 3. The van der Waals surface area contributed by atoms with Crippen LogP contribution >= 0.6 is 0 Å². The van der Waals surface area contributed by atoms with Crippen LogP contribution in [-0.4, -0.2) is 20.0 Å². The lowest BCUT2D eigenvalue weighted by atomic mass is 9.76. The third-order valence-corrected chi connectivity index (χ3v) is 5.54. The van der Waals surface area contributed by atoms with E-state index in [1.165, 1.54) is 5.56 Å². The normalized spacial score (nSPS) is 23.0. The van der Waals surface area contributed by atoms with Crippen LogP contribution in [0.3, 0.4) is 0 Å². The Hall–Kier alpha value is -2.75. The number of carbonyl (C=O) groups excluding carboxylic acids is 1. The van der Waals surface area contributed by atoms with E-state index in [0.717, 1.165) is 34.7 Å². The molecule has 0 aromatic heterocycles. The molecular weight excluding hydrogens is 326 g/mol. The Bertz CT molecular complexity index is 887. The van der Waals surface area contributed by atoms with E-state index in [2.05, 4.69) is 23.5 Å². The molecule has 0 saturated carbocycles. The molecule has 0 amide bonds. The molecule has 0 fully saturated rings. The van der Waals surface area contributed by atoms with Gasteiger partial charge in [-0.25, -0.2) is 0 Å². The third-order valence-electron chi connectivity index (χ3n) is 5.54. The molecule has 1 N–H and O–H groups in total. The highest BCUT2D eigenvalue weighted by Gasteiger charge is 2.39. The molecule has 0 spiro atoms. The van der Waals surface area contributed by atoms with Crippen LogP contribution in [0.15, 0.2) is 48.6 Å². The van der Waals surface area contributed by atoms with Gasteiger partial charge >= 0.3 is 0 Å². The van der Waals surface area contributed by atoms with Crippen molar-refractivity contribution in [3.05, 3.63) is 65.2 Å². The fourth-order valence-corrected chi connectivity index (χ4v) is 4.28. The topological polar surface area (TPSA) is 47.6 Å². The molecule has 1 aliphatic heterocycles. The number of hydrogen-bond donors (Lipinski definition) is 1. The van der Waals surface area contributed by atoms with E-state index in [0.29, 0.717) is 11.8 Å². The van der Waals surface area contributed by atoms with Gasteiger partial charge in [0.05, 0.1) is 20.3 Å². The molecule has 0 unspecified atom stereocenters. The maximum Gasteiger partial charge on any atom is 0.165 e. The van der Waals surface area contributed by atoms with Crippen molar-refractivity contribution < 1.29 is 14.3 Å². The number of para-hydroxylation sites is 1. The van der Waals surface area contributed by atoms with Gasteiger partial charge in [-0.3, -0.25) is 4.79 Å². The van der Waals surface area contributed by atoms with Crippen molar-refractivity contribution in [2.75, 3.05) is 19.5 Å². The summed E-state index contributed by atoms with van der Waals surface area (Å²) in [6.07, 6.45) is 5.51. The molecule has 0 radical (unpaired) electrons. The van der Waals surface area contributed by atoms with Gasteiger partial charge in [-0.1, -0.05) is 24.3 Å². The number of nitrogens with one attached hydrogen (secondary N) is 1. The minimum Gasteiger partial charge on any atom is -0.493 e. The summed E-state index contributed by atoms with van der Waals surface area (Å²) >= 11 is 0. The highest BCUT2D eigenvalue weighted by Crippen LogP contribution is 2.52. The molecule has 0 saturated heterocycles. The van der Waals surface area contributed by atoms with E-state index in [4.69, 9.17) is 9.47 Å². The Morgan fingerprint density at radius 3 is 2.69 bits per heavy atom. The lowest BCUT2D eigenvalue weighted by Crippen LogP contribution is -2.29. The smallest absolute Gasteiger partial charge is 0.165 e. The zero-order valence-electron chi connectivity index (χ0n) is 15.3. The first-order chi connectivity index (χ1) is 12.6. The van der Waals surface area contributed by atoms with Crippen LogP contribution < -0.4 is 14.8 Å². The van der Waals surface area contributed by atoms with Crippen LogP contribution in [0.4, 0.5) is 5.69 Å². The van der Waals surface area contributed by atoms with Crippen molar-refractivity contribution in [2.24, 2.45) is 5.92 Å². The molecule has 1 heterocycles. The first-order valence-electron chi connectivity index (χ1n) is 8.93. The summed E-state index contributed by atoms with van der Waals surface area (Å²) in [5, 5.41) is 3.69. The largest absolute Gasteiger partial charge is 0.493 e. The summed E-state index contributed by atoms with van der Waals surface area (Å²) in [5.41, 5.74) is 4.15. The molecule has 1 aliphatic carbocycles. The maximum absolute atomic E-state index is 11.8. The fraction of sp³-hybridized carbons (Fsp3) is 0.318. The lowest BCUT2D eigenvalue weighted by molar-refractivity contribution is 0.101. The Morgan fingerprint density at radius 1 is 1.12 bits per heavy atom. The van der Waals surface area contributed by atoms with E-state index >= 15 is 0 Å². The van der Waals surface area contributed by atoms with Crippen molar-refractivity contribution in [1.29, 1.82) is 0 Å². The summed E-state index contributed by atoms with van der Waals surface area (Å²) in [4.78, 5) is 11.8. The van der Waals surface area contributed by atoms with E-state index in [-0.39, 0.29) is 11.8 Å². The van der Waals surface area contributed by atoms with Gasteiger partial charge in [0.25, 0.3) is 0 Å². The zero-order chi connectivity index (χ0) is 18.3. The monoisotopic (exact) mass is 349 g/mol. The van der Waals surface area contributed by atoms with Crippen LogP contribution in [0.25, 0.3) is 0 Å². The van der Waals surface area contributed by atoms with Crippen molar-refractivity contribution in [3.63, 3.8) is 0 Å². The average Bonchev–Trinajstić information content (AvgIpc) is 3.16. The van der Waals surface area contributed by atoms with Gasteiger partial charge in [0.1, 0.15) is 0 Å². The predicted molar refractivity (Wildman–Crippen MR) is 102 cm³/mol. The Kier molecular flexibility index (Phi) is 4.19. The summed E-state index contributed by atoms with van der Waals surface area (Å²) < 4.78 is 11.2. The van der Waals surface area contributed by atoms with Crippen LogP contribution in [0, 0.1) is 5.92 Å². The van der Waals surface area contributed by atoms with E-state index < -0.39 is 0 Å². The predicted octanol–water partition coefficient (Wildman–Crippen LogP) is 4.73. The number of ketones is 1. The Labute approximate surface area is 153 Å². The standard InChI is InChI=1S/C22H23NO3/c1-13(24)14-10-11-19-18(12-14)15-6-4-7-16(15)21(23-19)17-8-5-9-20(25-2)22(17)26-3/h4-6,8-12,15-16,21,23H,7H2,1-3H3/t15-,16+,21+/m0/s1. The van der Waals surface area contributed by atoms with Gasteiger partial charge in [0.2, 0.25) is 0 Å². The summed E-state index contributed by atoms with van der Waals surface area (Å²) in [5.74, 6) is 2.30. The van der Waals surface area contributed by atoms with Crippen LogP contribution in [-0.2, 0) is 0 Å². The van der Waals surface area contributed by atoms with E-state index in [1.54, 1.807) is 21.1 Å². The number of allylic oxidation sites excluding steroid dienone is 2. The van der Waals surface area contributed by atoms with E-state index in [9.17, 15) is 4.79 Å². The number of rotatable bonds is 4. The van der Waals surface area contributed by atoms with Gasteiger partial charge in [-0.05, 0) is 49.1 Å². The summed E-state index contributed by atoms with van der Waals surface area (Å²) in [6.45, 7) is 1.61. The highest BCUT2D eigenvalue weighted by atomic mass is 16.5. The van der Waals surface area contributed by atoms with Crippen molar-refractivity contribution in [1.82, 2.24) is 0 Å². The molecule has 4 rings (SSSR count). The highest BCUT2D eigenvalue weighted by molar-refractivity contribution is 5.95. The summed E-state index contributed by atoms with van der Waals surface area (Å²) in [6, 6.07) is 12.1. The van der Waals surface area contributed by atoms with Gasteiger partial charge < -0.3 is 14.8 Å². The fourth-order valence-electron chi connectivity index (χ4n) is 4.28. The number of benzene rings is 2. The number of methoxy groups -OCH3 is 2. The molecule has 2 aromatic rings. The van der Waals surface area contributed by atoms with Crippen molar-refractivity contribution in [2.45, 2.75) is 25.3 Å². The molecular formula is C22H23NO3.